The van der Waals surface area contributed by atoms with Crippen LogP contribution in [0.4, 0.5) is 9.59 Å². The topological polar surface area (TPSA) is 82.3 Å². The standard InChI is InChI=1S/C9H15ClN4O2/c1-5(3-2-4-10)9-6(11-7(15)13-9)12-8(16)14-9/h5-6H,2-4H2,1H3,(H2,11,13,15)(H2,12,14,16)/t5?,6-,9+. The largest absolute Gasteiger partial charge is 0.318 e. The summed E-state index contributed by atoms with van der Waals surface area (Å²) in [6, 6.07) is -0.537. The maximum Gasteiger partial charge on any atom is 0.318 e. The van der Waals surface area contributed by atoms with Gasteiger partial charge in [-0.15, -0.1) is 11.6 Å². The Balaban J connectivity index is 2.13. The Labute approximate surface area is 98.5 Å². The maximum atomic E-state index is 11.3. The van der Waals surface area contributed by atoms with Gasteiger partial charge in [0.05, 0.1) is 0 Å². The predicted molar refractivity (Wildman–Crippen MR) is 59.0 cm³/mol. The van der Waals surface area contributed by atoms with E-state index < -0.39 is 11.8 Å². The highest BCUT2D eigenvalue weighted by Crippen LogP contribution is 2.28. The molecule has 0 saturated carbocycles. The third-order valence-electron chi connectivity index (χ3n) is 3.20. The van der Waals surface area contributed by atoms with Crippen molar-refractivity contribution >= 4 is 23.7 Å². The summed E-state index contributed by atoms with van der Waals surface area (Å²) in [5.41, 5.74) is -0.722. The molecule has 2 heterocycles. The van der Waals surface area contributed by atoms with Crippen LogP contribution in [0.3, 0.4) is 0 Å². The minimum atomic E-state index is -0.722. The summed E-state index contributed by atoms with van der Waals surface area (Å²) in [4.78, 5) is 22.6. The minimum Gasteiger partial charge on any atom is -0.314 e. The monoisotopic (exact) mass is 246 g/mol. The number of amides is 4. The fraction of sp³-hybridized carbons (Fsp3) is 0.778. The summed E-state index contributed by atoms with van der Waals surface area (Å²) in [7, 11) is 0. The Morgan fingerprint density at radius 2 is 1.88 bits per heavy atom. The van der Waals surface area contributed by atoms with E-state index in [1.54, 1.807) is 0 Å². The van der Waals surface area contributed by atoms with E-state index in [-0.39, 0.29) is 18.0 Å². The fourth-order valence-electron chi connectivity index (χ4n) is 2.29. The second-order valence-electron chi connectivity index (χ2n) is 4.23. The first-order chi connectivity index (χ1) is 7.58. The lowest BCUT2D eigenvalue weighted by Gasteiger charge is -2.32. The molecule has 4 amide bonds. The molecule has 0 aromatic rings. The molecule has 0 spiro atoms. The van der Waals surface area contributed by atoms with Gasteiger partial charge in [0.2, 0.25) is 0 Å². The van der Waals surface area contributed by atoms with Gasteiger partial charge in [-0.1, -0.05) is 6.92 Å². The lowest BCUT2D eigenvalue weighted by atomic mass is 9.89. The van der Waals surface area contributed by atoms with Crippen molar-refractivity contribution in [2.24, 2.45) is 5.92 Å². The van der Waals surface area contributed by atoms with E-state index in [0.717, 1.165) is 12.8 Å². The van der Waals surface area contributed by atoms with Crippen LogP contribution >= 0.6 is 11.6 Å². The predicted octanol–water partition coefficient (Wildman–Crippen LogP) is 0.290. The number of carbonyl (C=O) groups is 2. The Hall–Kier alpha value is -1.17. The third kappa shape index (κ3) is 1.67. The summed E-state index contributed by atoms with van der Waals surface area (Å²) in [5, 5.41) is 10.9. The molecule has 7 heteroatoms. The van der Waals surface area contributed by atoms with Crippen LogP contribution in [0.25, 0.3) is 0 Å². The SMILES string of the molecule is CC(CCCCl)[C@]12NC(=O)N[C@H]1NC(=O)N2. The highest BCUT2D eigenvalue weighted by Gasteiger charge is 2.55. The Morgan fingerprint density at radius 3 is 2.38 bits per heavy atom. The number of rotatable bonds is 4. The number of fused-ring (bicyclic) bond motifs is 1. The van der Waals surface area contributed by atoms with E-state index in [1.165, 1.54) is 0 Å². The van der Waals surface area contributed by atoms with Crippen LogP contribution in [0.5, 0.6) is 0 Å². The molecular formula is C9H15ClN4O2. The molecule has 6 nitrogen and oxygen atoms in total. The molecular weight excluding hydrogens is 232 g/mol. The summed E-state index contributed by atoms with van der Waals surface area (Å²) < 4.78 is 0. The molecule has 0 bridgehead atoms. The van der Waals surface area contributed by atoms with E-state index in [4.69, 9.17) is 11.6 Å². The molecule has 0 aliphatic carbocycles. The van der Waals surface area contributed by atoms with Gasteiger partial charge in [0.1, 0.15) is 6.17 Å². The van der Waals surface area contributed by atoms with Gasteiger partial charge in [-0.3, -0.25) is 0 Å². The summed E-state index contributed by atoms with van der Waals surface area (Å²) >= 11 is 5.64. The average molecular weight is 247 g/mol. The Morgan fingerprint density at radius 1 is 1.31 bits per heavy atom. The third-order valence-corrected chi connectivity index (χ3v) is 3.46. The molecule has 16 heavy (non-hydrogen) atoms. The summed E-state index contributed by atoms with van der Waals surface area (Å²) in [5.74, 6) is 0.683. The van der Waals surface area contributed by atoms with Crippen LogP contribution in [-0.4, -0.2) is 29.8 Å². The molecule has 2 fully saturated rings. The number of nitrogens with one attached hydrogen (secondary N) is 4. The van der Waals surface area contributed by atoms with Crippen LogP contribution in [0, 0.1) is 5.92 Å². The highest BCUT2D eigenvalue weighted by atomic mass is 35.5. The van der Waals surface area contributed by atoms with Crippen molar-refractivity contribution in [2.45, 2.75) is 31.6 Å². The van der Waals surface area contributed by atoms with E-state index in [2.05, 4.69) is 21.3 Å². The first kappa shape index (κ1) is 11.3. The fourth-order valence-corrected chi connectivity index (χ4v) is 2.45. The quantitative estimate of drug-likeness (QED) is 0.538. The highest BCUT2D eigenvalue weighted by molar-refractivity contribution is 6.17. The molecule has 4 N–H and O–H groups in total. The smallest absolute Gasteiger partial charge is 0.314 e. The molecule has 90 valence electrons. The molecule has 0 aromatic heterocycles. The van der Waals surface area contributed by atoms with Gasteiger partial charge >= 0.3 is 12.1 Å². The van der Waals surface area contributed by atoms with E-state index in [9.17, 15) is 9.59 Å². The van der Waals surface area contributed by atoms with E-state index in [0.29, 0.717) is 5.88 Å². The van der Waals surface area contributed by atoms with Crippen molar-refractivity contribution in [2.75, 3.05) is 5.88 Å². The van der Waals surface area contributed by atoms with Crippen LogP contribution in [0.2, 0.25) is 0 Å². The number of alkyl halides is 1. The number of urea groups is 2. The molecule has 0 aromatic carbocycles. The summed E-state index contributed by atoms with van der Waals surface area (Å²) in [6.45, 7) is 1.99. The van der Waals surface area contributed by atoms with Gasteiger partial charge in [0.15, 0.2) is 5.66 Å². The summed E-state index contributed by atoms with van der Waals surface area (Å²) in [6.07, 6.45) is 1.30. The number of hydrogen-bond acceptors (Lipinski definition) is 2. The lowest BCUT2D eigenvalue weighted by Crippen LogP contribution is -2.61. The zero-order chi connectivity index (χ0) is 11.8. The van der Waals surface area contributed by atoms with Crippen LogP contribution < -0.4 is 21.3 Å². The first-order valence-corrected chi connectivity index (χ1v) is 5.85. The number of hydrogen-bond donors (Lipinski definition) is 4. The van der Waals surface area contributed by atoms with Crippen LogP contribution in [-0.2, 0) is 0 Å². The lowest BCUT2D eigenvalue weighted by molar-refractivity contribution is 0.196. The van der Waals surface area contributed by atoms with Crippen molar-refractivity contribution in [3.05, 3.63) is 0 Å². The van der Waals surface area contributed by atoms with Crippen molar-refractivity contribution in [1.82, 2.24) is 21.3 Å². The van der Waals surface area contributed by atoms with Gasteiger partial charge < -0.3 is 21.3 Å². The zero-order valence-corrected chi connectivity index (χ0v) is 9.73. The molecule has 2 rings (SSSR count). The number of carbonyl (C=O) groups excluding carboxylic acids is 2. The molecule has 2 saturated heterocycles. The average Bonchev–Trinajstić information content (AvgIpc) is 2.66. The van der Waals surface area contributed by atoms with E-state index in [1.807, 2.05) is 6.92 Å². The Kier molecular flexibility index (Phi) is 2.84. The number of halogens is 1. The van der Waals surface area contributed by atoms with Crippen LogP contribution in [0.1, 0.15) is 19.8 Å². The second-order valence-corrected chi connectivity index (χ2v) is 4.61. The molecule has 2 aliphatic rings. The Bertz CT molecular complexity index is 303. The zero-order valence-electron chi connectivity index (χ0n) is 8.97. The molecule has 1 unspecified atom stereocenters. The first-order valence-electron chi connectivity index (χ1n) is 5.32. The maximum absolute atomic E-state index is 11.3. The molecule has 1 atom stereocenters. The van der Waals surface area contributed by atoms with Crippen molar-refractivity contribution < 1.29 is 9.59 Å². The second kappa shape index (κ2) is 4.01. The van der Waals surface area contributed by atoms with E-state index >= 15 is 0 Å². The van der Waals surface area contributed by atoms with Gasteiger partial charge in [-0.05, 0) is 12.8 Å². The van der Waals surface area contributed by atoms with Gasteiger partial charge in [0, 0.05) is 11.8 Å². The normalized spacial score (nSPS) is 33.5. The van der Waals surface area contributed by atoms with Crippen molar-refractivity contribution in [3.8, 4) is 0 Å². The van der Waals surface area contributed by atoms with Gasteiger partial charge in [-0.2, -0.15) is 0 Å². The van der Waals surface area contributed by atoms with Crippen LogP contribution in [0.15, 0.2) is 0 Å². The minimum absolute atomic E-state index is 0.106. The van der Waals surface area contributed by atoms with Crippen molar-refractivity contribution in [1.29, 1.82) is 0 Å². The van der Waals surface area contributed by atoms with Gasteiger partial charge in [-0.25, -0.2) is 9.59 Å². The van der Waals surface area contributed by atoms with Gasteiger partial charge in [0.25, 0.3) is 0 Å². The van der Waals surface area contributed by atoms with Crippen molar-refractivity contribution in [3.63, 3.8) is 0 Å². The molecule has 2 aliphatic heterocycles. The molecule has 0 radical (unpaired) electrons.